The molecule has 4 aliphatic rings. The highest BCUT2D eigenvalue weighted by Crippen LogP contribution is 2.71. The Morgan fingerprint density at radius 1 is 1.10 bits per heavy atom. The summed E-state index contributed by atoms with van der Waals surface area (Å²) in [6.45, 7) is 16.3. The van der Waals surface area contributed by atoms with Gasteiger partial charge in [0.25, 0.3) is 0 Å². The topological polar surface area (TPSA) is 29.5 Å². The van der Waals surface area contributed by atoms with E-state index in [1.54, 1.807) is 5.57 Å². The standard InChI is InChI=1S/C29H46O2/c1-19(2)20(3)10-11-21(4)24-12-13-25-23(9-8-15-27(24,25)6)17-26(31-7)29-18-28(29,30)16-14-22(29)5/h10-11,17,19-21,24-26,30H,5,8-9,12-16,18H2,1-4,6-7H3/b11-10+,23-17+/t20-,21+,24+,25-,26?,27+,28+,29?/m0/s1. The molecule has 0 heterocycles. The van der Waals surface area contributed by atoms with Crippen LogP contribution in [0, 0.1) is 40.4 Å². The summed E-state index contributed by atoms with van der Waals surface area (Å²) in [5.41, 5.74) is 2.42. The number of methoxy groups -OCH3 is 1. The molecule has 0 aliphatic heterocycles. The Kier molecular flexibility index (Phi) is 6.14. The Morgan fingerprint density at radius 3 is 2.42 bits per heavy atom. The van der Waals surface area contributed by atoms with Gasteiger partial charge in [0.05, 0.1) is 17.1 Å². The molecular weight excluding hydrogens is 380 g/mol. The smallest absolute Gasteiger partial charge is 0.0876 e. The minimum Gasteiger partial charge on any atom is -0.389 e. The van der Waals surface area contributed by atoms with Gasteiger partial charge in [-0.1, -0.05) is 70.6 Å². The zero-order chi connectivity index (χ0) is 22.6. The molecular formula is C29H46O2. The highest BCUT2D eigenvalue weighted by Gasteiger charge is 2.74. The third-order valence-electron chi connectivity index (χ3n) is 10.3. The average molecular weight is 427 g/mol. The molecule has 31 heavy (non-hydrogen) atoms. The van der Waals surface area contributed by atoms with E-state index in [-0.39, 0.29) is 11.5 Å². The van der Waals surface area contributed by atoms with E-state index >= 15 is 0 Å². The average Bonchev–Trinajstić information content (AvgIpc) is 3.06. The molecule has 0 amide bonds. The van der Waals surface area contributed by atoms with E-state index < -0.39 is 5.60 Å². The van der Waals surface area contributed by atoms with Crippen LogP contribution in [0.15, 0.2) is 36.0 Å². The lowest BCUT2D eigenvalue weighted by Crippen LogP contribution is -2.37. The van der Waals surface area contributed by atoms with Crippen molar-refractivity contribution < 1.29 is 9.84 Å². The summed E-state index contributed by atoms with van der Waals surface area (Å²) in [5.74, 6) is 3.41. The first-order valence-electron chi connectivity index (χ1n) is 12.9. The summed E-state index contributed by atoms with van der Waals surface area (Å²) < 4.78 is 6.05. The Hall–Kier alpha value is -0.860. The van der Waals surface area contributed by atoms with Crippen molar-refractivity contribution in [3.63, 3.8) is 0 Å². The number of hydrogen-bond acceptors (Lipinski definition) is 2. The highest BCUT2D eigenvalue weighted by atomic mass is 16.5. The monoisotopic (exact) mass is 426 g/mol. The second kappa shape index (κ2) is 8.17. The number of ether oxygens (including phenoxy) is 1. The third kappa shape index (κ3) is 3.61. The van der Waals surface area contributed by atoms with Gasteiger partial charge in [0, 0.05) is 7.11 Å². The zero-order valence-electron chi connectivity index (χ0n) is 20.9. The van der Waals surface area contributed by atoms with Crippen molar-refractivity contribution in [2.24, 2.45) is 40.4 Å². The van der Waals surface area contributed by atoms with Crippen LogP contribution in [0.1, 0.15) is 86.0 Å². The van der Waals surface area contributed by atoms with Gasteiger partial charge < -0.3 is 9.84 Å². The van der Waals surface area contributed by atoms with Gasteiger partial charge in [-0.2, -0.15) is 0 Å². The number of allylic oxidation sites excluding steroid dienone is 3. The van der Waals surface area contributed by atoms with Crippen molar-refractivity contribution in [2.75, 3.05) is 7.11 Å². The van der Waals surface area contributed by atoms with Crippen LogP contribution in [0.5, 0.6) is 0 Å². The fraction of sp³-hybridized carbons (Fsp3) is 0.793. The number of rotatable bonds is 7. The molecule has 4 fully saturated rings. The summed E-state index contributed by atoms with van der Waals surface area (Å²) in [5, 5.41) is 11.0. The van der Waals surface area contributed by atoms with Crippen molar-refractivity contribution in [2.45, 2.75) is 97.7 Å². The Morgan fingerprint density at radius 2 is 1.84 bits per heavy atom. The third-order valence-corrected chi connectivity index (χ3v) is 10.3. The summed E-state index contributed by atoms with van der Waals surface area (Å²) in [4.78, 5) is 0. The van der Waals surface area contributed by atoms with E-state index in [4.69, 9.17) is 4.74 Å². The lowest BCUT2D eigenvalue weighted by atomic mass is 9.61. The van der Waals surface area contributed by atoms with Crippen LogP contribution in [0.2, 0.25) is 0 Å². The van der Waals surface area contributed by atoms with Crippen molar-refractivity contribution in [3.8, 4) is 0 Å². The van der Waals surface area contributed by atoms with E-state index in [1.807, 2.05) is 7.11 Å². The van der Waals surface area contributed by atoms with Crippen LogP contribution in [0.3, 0.4) is 0 Å². The molecule has 0 saturated heterocycles. The van der Waals surface area contributed by atoms with Crippen molar-refractivity contribution in [3.05, 3.63) is 36.0 Å². The molecule has 0 bridgehead atoms. The molecule has 0 aromatic carbocycles. The van der Waals surface area contributed by atoms with Gasteiger partial charge in [-0.15, -0.1) is 0 Å². The maximum absolute atomic E-state index is 11.0. The van der Waals surface area contributed by atoms with Crippen LogP contribution in [0.4, 0.5) is 0 Å². The number of fused-ring (bicyclic) bond motifs is 2. The molecule has 2 nitrogen and oxygen atoms in total. The van der Waals surface area contributed by atoms with Gasteiger partial charge in [0.2, 0.25) is 0 Å². The predicted octanol–water partition coefficient (Wildman–Crippen LogP) is 7.10. The summed E-state index contributed by atoms with van der Waals surface area (Å²) in [6.07, 6.45) is 16.5. The molecule has 1 N–H and O–H groups in total. The van der Waals surface area contributed by atoms with Crippen LogP contribution in [-0.2, 0) is 4.74 Å². The van der Waals surface area contributed by atoms with E-state index in [0.29, 0.717) is 29.1 Å². The molecule has 174 valence electrons. The molecule has 8 atom stereocenters. The van der Waals surface area contributed by atoms with Gasteiger partial charge in [-0.05, 0) is 86.4 Å². The van der Waals surface area contributed by atoms with E-state index in [9.17, 15) is 5.11 Å². The Labute approximate surface area is 191 Å². The zero-order valence-corrected chi connectivity index (χ0v) is 20.9. The first kappa shape index (κ1) is 23.3. The molecule has 2 heteroatoms. The lowest BCUT2D eigenvalue weighted by Gasteiger charge is -2.44. The Balaban J connectivity index is 1.54. The van der Waals surface area contributed by atoms with Crippen LogP contribution in [-0.4, -0.2) is 23.9 Å². The normalized spacial score (nSPS) is 44.0. The number of hydrogen-bond donors (Lipinski definition) is 1. The second-order valence-corrected chi connectivity index (χ2v) is 12.1. The molecule has 4 aliphatic carbocycles. The molecule has 0 spiro atoms. The van der Waals surface area contributed by atoms with Crippen LogP contribution in [0.25, 0.3) is 0 Å². The van der Waals surface area contributed by atoms with Gasteiger partial charge >= 0.3 is 0 Å². The molecule has 0 aromatic rings. The van der Waals surface area contributed by atoms with E-state index in [2.05, 4.69) is 59.4 Å². The first-order valence-corrected chi connectivity index (χ1v) is 12.9. The molecule has 4 rings (SSSR count). The summed E-state index contributed by atoms with van der Waals surface area (Å²) >= 11 is 0. The van der Waals surface area contributed by atoms with Gasteiger partial charge in [-0.25, -0.2) is 0 Å². The predicted molar refractivity (Wildman–Crippen MR) is 130 cm³/mol. The highest BCUT2D eigenvalue weighted by molar-refractivity contribution is 5.42. The summed E-state index contributed by atoms with van der Waals surface area (Å²) in [7, 11) is 1.82. The van der Waals surface area contributed by atoms with Gasteiger partial charge in [0.15, 0.2) is 0 Å². The van der Waals surface area contributed by atoms with Crippen molar-refractivity contribution in [1.82, 2.24) is 0 Å². The van der Waals surface area contributed by atoms with Crippen molar-refractivity contribution >= 4 is 0 Å². The van der Waals surface area contributed by atoms with E-state index in [0.717, 1.165) is 25.2 Å². The van der Waals surface area contributed by atoms with Gasteiger partial charge in [-0.3, -0.25) is 0 Å². The fourth-order valence-corrected chi connectivity index (χ4v) is 7.79. The van der Waals surface area contributed by atoms with Crippen LogP contribution < -0.4 is 0 Å². The van der Waals surface area contributed by atoms with Gasteiger partial charge in [0.1, 0.15) is 0 Å². The van der Waals surface area contributed by atoms with Crippen molar-refractivity contribution in [1.29, 1.82) is 0 Å². The molecule has 2 unspecified atom stereocenters. The molecule has 4 saturated carbocycles. The minimum atomic E-state index is -0.565. The minimum absolute atomic E-state index is 0.0203. The maximum atomic E-state index is 11.0. The SMILES string of the molecule is C=C1CC[C@@]2(O)CC12C(/C=C1\CCC[C@]2(C)[C@@H]([C@H](C)/C=C/[C@H](C)C(C)C)CC[C@@H]12)OC. The first-order chi connectivity index (χ1) is 14.6. The van der Waals surface area contributed by atoms with E-state index in [1.165, 1.54) is 37.7 Å². The quantitative estimate of drug-likeness (QED) is 0.440. The maximum Gasteiger partial charge on any atom is 0.0876 e. The summed E-state index contributed by atoms with van der Waals surface area (Å²) in [6, 6.07) is 0. The fourth-order valence-electron chi connectivity index (χ4n) is 7.79. The second-order valence-electron chi connectivity index (χ2n) is 12.1. The number of aliphatic hydroxyl groups is 1. The Bertz CT molecular complexity index is 763. The lowest BCUT2D eigenvalue weighted by molar-refractivity contribution is 0.0385. The largest absolute Gasteiger partial charge is 0.389 e. The van der Waals surface area contributed by atoms with Crippen LogP contribution >= 0.6 is 0 Å². The molecule has 0 aromatic heterocycles. The molecule has 0 radical (unpaired) electrons.